The first-order valence-electron chi connectivity index (χ1n) is 7.30. The molecule has 0 heterocycles. The molecule has 0 saturated heterocycles. The van der Waals surface area contributed by atoms with Gasteiger partial charge in [0.15, 0.2) is 0 Å². The number of hydrogen-bond acceptors (Lipinski definition) is 2. The summed E-state index contributed by atoms with van der Waals surface area (Å²) in [5, 5.41) is 4.98. The van der Waals surface area contributed by atoms with Crippen molar-refractivity contribution in [3.8, 4) is 0 Å². The predicted octanol–water partition coefficient (Wildman–Crippen LogP) is 5.71. The van der Waals surface area contributed by atoms with Crippen LogP contribution in [0.5, 0.6) is 0 Å². The summed E-state index contributed by atoms with van der Waals surface area (Å²) >= 11 is 14.4. The van der Waals surface area contributed by atoms with E-state index in [1.807, 2.05) is 23.9 Å². The molecule has 20 heavy (non-hydrogen) atoms. The van der Waals surface area contributed by atoms with E-state index in [0.717, 1.165) is 12.1 Å². The van der Waals surface area contributed by atoms with Crippen LogP contribution in [0.3, 0.4) is 0 Å². The van der Waals surface area contributed by atoms with Crippen LogP contribution in [0.2, 0.25) is 10.0 Å². The van der Waals surface area contributed by atoms with Crippen LogP contribution in [0.1, 0.15) is 50.6 Å². The molecule has 2 rings (SSSR count). The lowest BCUT2D eigenvalue weighted by molar-refractivity contribution is 0.367. The van der Waals surface area contributed by atoms with Gasteiger partial charge < -0.3 is 5.32 Å². The van der Waals surface area contributed by atoms with Crippen LogP contribution < -0.4 is 5.32 Å². The van der Waals surface area contributed by atoms with Gasteiger partial charge in [0.05, 0.1) is 10.0 Å². The molecule has 0 amide bonds. The van der Waals surface area contributed by atoms with E-state index >= 15 is 0 Å². The van der Waals surface area contributed by atoms with E-state index in [4.69, 9.17) is 23.2 Å². The van der Waals surface area contributed by atoms with Gasteiger partial charge in [-0.05, 0) is 37.7 Å². The van der Waals surface area contributed by atoms with Crippen LogP contribution in [-0.4, -0.2) is 17.5 Å². The summed E-state index contributed by atoms with van der Waals surface area (Å²) < 4.78 is 0.400. The van der Waals surface area contributed by atoms with Gasteiger partial charge in [0, 0.05) is 17.3 Å². The zero-order valence-corrected chi connectivity index (χ0v) is 14.5. The van der Waals surface area contributed by atoms with Gasteiger partial charge in [-0.2, -0.15) is 11.8 Å². The highest BCUT2D eigenvalue weighted by Gasteiger charge is 2.31. The first-order chi connectivity index (χ1) is 9.58. The molecule has 1 aliphatic rings. The second-order valence-electron chi connectivity index (χ2n) is 5.69. The van der Waals surface area contributed by atoms with Crippen molar-refractivity contribution in [2.45, 2.75) is 49.8 Å². The standard InChI is InChI=1S/C16H23Cl2NS/c1-12(13-7-6-8-14(17)15(13)18)19-11-16(20-2)9-4-3-5-10-16/h6-8,12,19H,3-5,9-11H2,1-2H3. The Kier molecular flexibility index (Phi) is 6.09. The molecule has 1 N–H and O–H groups in total. The van der Waals surface area contributed by atoms with Crippen molar-refractivity contribution in [3.63, 3.8) is 0 Å². The molecule has 112 valence electrons. The molecule has 0 spiro atoms. The number of halogens is 2. The molecule has 1 fully saturated rings. The molecular formula is C16H23Cl2NS. The van der Waals surface area contributed by atoms with Crippen LogP contribution in [-0.2, 0) is 0 Å². The van der Waals surface area contributed by atoms with Crippen molar-refractivity contribution in [1.29, 1.82) is 0 Å². The smallest absolute Gasteiger partial charge is 0.0639 e. The van der Waals surface area contributed by atoms with Crippen molar-refractivity contribution in [2.24, 2.45) is 0 Å². The number of thioether (sulfide) groups is 1. The molecular weight excluding hydrogens is 309 g/mol. The minimum atomic E-state index is 0.229. The number of nitrogens with one attached hydrogen (secondary N) is 1. The van der Waals surface area contributed by atoms with Crippen molar-refractivity contribution in [3.05, 3.63) is 33.8 Å². The molecule has 1 nitrogen and oxygen atoms in total. The van der Waals surface area contributed by atoms with Gasteiger partial charge in [-0.3, -0.25) is 0 Å². The Hall–Kier alpha value is 0.110. The van der Waals surface area contributed by atoms with E-state index in [0.29, 0.717) is 14.8 Å². The van der Waals surface area contributed by atoms with E-state index in [-0.39, 0.29) is 6.04 Å². The summed E-state index contributed by atoms with van der Waals surface area (Å²) in [4.78, 5) is 0. The molecule has 0 radical (unpaired) electrons. The van der Waals surface area contributed by atoms with Crippen LogP contribution in [0.25, 0.3) is 0 Å². The summed E-state index contributed by atoms with van der Waals surface area (Å²) in [6.07, 6.45) is 8.97. The maximum atomic E-state index is 6.30. The fourth-order valence-electron chi connectivity index (χ4n) is 2.95. The molecule has 0 aliphatic heterocycles. The van der Waals surface area contributed by atoms with Gasteiger partial charge in [0.25, 0.3) is 0 Å². The van der Waals surface area contributed by atoms with Crippen LogP contribution in [0.15, 0.2) is 18.2 Å². The van der Waals surface area contributed by atoms with Gasteiger partial charge in [-0.1, -0.05) is 54.6 Å². The van der Waals surface area contributed by atoms with Crippen molar-refractivity contribution < 1.29 is 0 Å². The molecule has 1 aromatic carbocycles. The first kappa shape index (κ1) is 16.5. The third-order valence-electron chi connectivity index (χ3n) is 4.38. The second-order valence-corrected chi connectivity index (χ2v) is 7.75. The third-order valence-corrected chi connectivity index (χ3v) is 6.63. The van der Waals surface area contributed by atoms with Crippen LogP contribution >= 0.6 is 35.0 Å². The van der Waals surface area contributed by atoms with E-state index < -0.39 is 0 Å². The Labute approximate surface area is 136 Å². The molecule has 1 atom stereocenters. The van der Waals surface area contributed by atoms with E-state index in [2.05, 4.69) is 24.6 Å². The topological polar surface area (TPSA) is 12.0 Å². The van der Waals surface area contributed by atoms with Gasteiger partial charge in [0.1, 0.15) is 0 Å². The van der Waals surface area contributed by atoms with Crippen LogP contribution in [0.4, 0.5) is 0 Å². The molecule has 0 bridgehead atoms. The maximum absolute atomic E-state index is 6.30. The largest absolute Gasteiger partial charge is 0.309 e. The van der Waals surface area contributed by atoms with Crippen molar-refractivity contribution in [1.82, 2.24) is 5.32 Å². The van der Waals surface area contributed by atoms with Gasteiger partial charge in [-0.15, -0.1) is 0 Å². The monoisotopic (exact) mass is 331 g/mol. The molecule has 1 saturated carbocycles. The Bertz CT molecular complexity index is 444. The minimum absolute atomic E-state index is 0.229. The normalized spacial score (nSPS) is 19.8. The summed E-state index contributed by atoms with van der Waals surface area (Å²) in [6.45, 7) is 3.20. The number of rotatable bonds is 5. The number of benzene rings is 1. The highest BCUT2D eigenvalue weighted by Crippen LogP contribution is 2.38. The SMILES string of the molecule is CSC1(CNC(C)c2cccc(Cl)c2Cl)CCCCC1. The number of hydrogen-bond donors (Lipinski definition) is 1. The first-order valence-corrected chi connectivity index (χ1v) is 9.28. The molecule has 4 heteroatoms. The molecule has 1 aromatic rings. The molecule has 0 aromatic heterocycles. The van der Waals surface area contributed by atoms with Gasteiger partial charge in [0.2, 0.25) is 0 Å². The fourth-order valence-corrected chi connectivity index (χ4v) is 4.35. The lowest BCUT2D eigenvalue weighted by Gasteiger charge is -2.37. The molecule has 1 aliphatic carbocycles. The Morgan fingerprint density at radius 3 is 2.60 bits per heavy atom. The van der Waals surface area contributed by atoms with Crippen molar-refractivity contribution >= 4 is 35.0 Å². The maximum Gasteiger partial charge on any atom is 0.0639 e. The Morgan fingerprint density at radius 1 is 1.25 bits per heavy atom. The summed E-state index contributed by atoms with van der Waals surface area (Å²) in [7, 11) is 0. The van der Waals surface area contributed by atoms with E-state index in [1.54, 1.807) is 0 Å². The highest BCUT2D eigenvalue weighted by molar-refractivity contribution is 8.00. The van der Waals surface area contributed by atoms with Crippen LogP contribution in [0, 0.1) is 0 Å². The summed E-state index contributed by atoms with van der Waals surface area (Å²) in [6, 6.07) is 6.09. The fraction of sp³-hybridized carbons (Fsp3) is 0.625. The lowest BCUT2D eigenvalue weighted by Crippen LogP contribution is -2.40. The highest BCUT2D eigenvalue weighted by atomic mass is 35.5. The third kappa shape index (κ3) is 3.85. The van der Waals surface area contributed by atoms with Gasteiger partial charge >= 0.3 is 0 Å². The van der Waals surface area contributed by atoms with E-state index in [1.165, 1.54) is 32.1 Å². The average molecular weight is 332 g/mol. The molecule has 1 unspecified atom stereocenters. The summed E-state index contributed by atoms with van der Waals surface area (Å²) in [5.74, 6) is 0. The second kappa shape index (κ2) is 7.40. The zero-order chi connectivity index (χ0) is 14.6. The zero-order valence-electron chi connectivity index (χ0n) is 12.2. The minimum Gasteiger partial charge on any atom is -0.309 e. The van der Waals surface area contributed by atoms with E-state index in [9.17, 15) is 0 Å². The Balaban J connectivity index is 2.00. The average Bonchev–Trinajstić information content (AvgIpc) is 2.48. The Morgan fingerprint density at radius 2 is 1.95 bits per heavy atom. The predicted molar refractivity (Wildman–Crippen MR) is 92.2 cm³/mol. The quantitative estimate of drug-likeness (QED) is 0.741. The lowest BCUT2D eigenvalue weighted by atomic mass is 9.88. The van der Waals surface area contributed by atoms with Gasteiger partial charge in [-0.25, -0.2) is 0 Å². The van der Waals surface area contributed by atoms with Crippen molar-refractivity contribution in [2.75, 3.05) is 12.8 Å². The summed E-state index contributed by atoms with van der Waals surface area (Å²) in [5.41, 5.74) is 1.09.